The van der Waals surface area contributed by atoms with Crippen LogP contribution in [0, 0.1) is 5.92 Å². The van der Waals surface area contributed by atoms with Gasteiger partial charge in [0.05, 0.1) is 12.4 Å². The second-order valence-electron chi connectivity index (χ2n) is 5.45. The van der Waals surface area contributed by atoms with E-state index in [0.29, 0.717) is 18.4 Å². The van der Waals surface area contributed by atoms with Crippen molar-refractivity contribution in [2.75, 3.05) is 11.9 Å². The van der Waals surface area contributed by atoms with Gasteiger partial charge in [-0.25, -0.2) is 23.1 Å². The van der Waals surface area contributed by atoms with Crippen molar-refractivity contribution in [2.24, 2.45) is 5.92 Å². The van der Waals surface area contributed by atoms with E-state index in [-0.39, 0.29) is 10.9 Å². The minimum atomic E-state index is -3.54. The standard InChI is InChI=1S/C14H24N4O2S/c1-3-11-7-5-6-8-13(11)18-21(19,20)12-9-16-14(15-4-2)17-10-12/h9-11,13,18H,3-8H2,1-2H3,(H,15,16,17). The molecular formula is C14H24N4O2S. The van der Waals surface area contributed by atoms with E-state index in [4.69, 9.17) is 0 Å². The van der Waals surface area contributed by atoms with Crippen LogP contribution in [0.3, 0.4) is 0 Å². The molecule has 1 fully saturated rings. The molecule has 21 heavy (non-hydrogen) atoms. The molecule has 6 nitrogen and oxygen atoms in total. The third-order valence-corrected chi connectivity index (χ3v) is 5.46. The number of sulfonamides is 1. The first kappa shape index (κ1) is 16.2. The van der Waals surface area contributed by atoms with Gasteiger partial charge in [0.15, 0.2) is 0 Å². The molecule has 2 unspecified atom stereocenters. The highest BCUT2D eigenvalue weighted by Crippen LogP contribution is 2.27. The largest absolute Gasteiger partial charge is 0.355 e. The van der Waals surface area contributed by atoms with Crippen molar-refractivity contribution >= 4 is 16.0 Å². The average molecular weight is 312 g/mol. The van der Waals surface area contributed by atoms with Crippen molar-refractivity contribution in [3.63, 3.8) is 0 Å². The molecule has 118 valence electrons. The Morgan fingerprint density at radius 1 is 1.19 bits per heavy atom. The normalized spacial score (nSPS) is 23.0. The smallest absolute Gasteiger partial charge is 0.243 e. The monoisotopic (exact) mass is 312 g/mol. The van der Waals surface area contributed by atoms with E-state index in [1.807, 2.05) is 6.92 Å². The van der Waals surface area contributed by atoms with E-state index in [0.717, 1.165) is 25.7 Å². The van der Waals surface area contributed by atoms with E-state index < -0.39 is 10.0 Å². The summed E-state index contributed by atoms with van der Waals surface area (Å²) in [5, 5.41) is 2.95. The van der Waals surface area contributed by atoms with Crippen molar-refractivity contribution in [2.45, 2.75) is 56.9 Å². The Morgan fingerprint density at radius 3 is 2.48 bits per heavy atom. The number of rotatable bonds is 6. The molecule has 2 N–H and O–H groups in total. The molecule has 1 saturated carbocycles. The fourth-order valence-corrected chi connectivity index (χ4v) is 4.05. The van der Waals surface area contributed by atoms with Crippen molar-refractivity contribution < 1.29 is 8.42 Å². The van der Waals surface area contributed by atoms with E-state index >= 15 is 0 Å². The lowest BCUT2D eigenvalue weighted by atomic mass is 9.83. The van der Waals surface area contributed by atoms with Crippen molar-refractivity contribution in [3.8, 4) is 0 Å². The Morgan fingerprint density at radius 2 is 1.86 bits per heavy atom. The predicted octanol–water partition coefficient (Wildman–Crippen LogP) is 2.16. The number of hydrogen-bond donors (Lipinski definition) is 2. The molecule has 0 spiro atoms. The van der Waals surface area contributed by atoms with Gasteiger partial charge in [-0.3, -0.25) is 0 Å². The van der Waals surface area contributed by atoms with Gasteiger partial charge in [0.1, 0.15) is 4.90 Å². The molecule has 1 aromatic heterocycles. The topological polar surface area (TPSA) is 84.0 Å². The van der Waals surface area contributed by atoms with Gasteiger partial charge in [-0.1, -0.05) is 26.2 Å². The Hall–Kier alpha value is -1.21. The van der Waals surface area contributed by atoms with Crippen LogP contribution in [0.15, 0.2) is 17.3 Å². The van der Waals surface area contributed by atoms with Crippen molar-refractivity contribution in [1.82, 2.24) is 14.7 Å². The fourth-order valence-electron chi connectivity index (χ4n) is 2.82. The summed E-state index contributed by atoms with van der Waals surface area (Å²) in [6.45, 7) is 4.75. The SMILES string of the molecule is CCNc1ncc(S(=O)(=O)NC2CCCCC2CC)cn1. The molecule has 0 bridgehead atoms. The van der Waals surface area contributed by atoms with Gasteiger partial charge in [0, 0.05) is 12.6 Å². The van der Waals surface area contributed by atoms with Crippen LogP contribution in [0.4, 0.5) is 5.95 Å². The zero-order valence-corrected chi connectivity index (χ0v) is 13.5. The van der Waals surface area contributed by atoms with Gasteiger partial charge in [-0.2, -0.15) is 0 Å². The van der Waals surface area contributed by atoms with Crippen LogP contribution in [-0.4, -0.2) is 31.0 Å². The molecule has 1 aromatic rings. The number of nitrogens with zero attached hydrogens (tertiary/aromatic N) is 2. The third kappa shape index (κ3) is 4.14. The summed E-state index contributed by atoms with van der Waals surface area (Å²) in [5.41, 5.74) is 0. The minimum absolute atomic E-state index is 0.0298. The van der Waals surface area contributed by atoms with Crippen LogP contribution < -0.4 is 10.0 Å². The number of hydrogen-bond acceptors (Lipinski definition) is 5. The van der Waals surface area contributed by atoms with Crippen LogP contribution in [0.25, 0.3) is 0 Å². The van der Waals surface area contributed by atoms with Crippen LogP contribution in [-0.2, 0) is 10.0 Å². The molecule has 2 rings (SSSR count). The lowest BCUT2D eigenvalue weighted by Gasteiger charge is -2.31. The summed E-state index contributed by atoms with van der Waals surface area (Å²) < 4.78 is 27.7. The second-order valence-corrected chi connectivity index (χ2v) is 7.17. The Balaban J connectivity index is 2.10. The molecule has 2 atom stereocenters. The first-order valence-corrected chi connectivity index (χ1v) is 9.13. The zero-order chi connectivity index (χ0) is 15.3. The maximum absolute atomic E-state index is 12.4. The van der Waals surface area contributed by atoms with Gasteiger partial charge in [-0.15, -0.1) is 0 Å². The van der Waals surface area contributed by atoms with Crippen LogP contribution in [0.2, 0.25) is 0 Å². The second kappa shape index (κ2) is 7.17. The third-order valence-electron chi connectivity index (χ3n) is 4.01. The van der Waals surface area contributed by atoms with E-state index in [1.165, 1.54) is 18.8 Å². The lowest BCUT2D eigenvalue weighted by Crippen LogP contribution is -2.41. The first-order valence-electron chi connectivity index (χ1n) is 7.65. The molecule has 1 aliphatic rings. The van der Waals surface area contributed by atoms with Gasteiger partial charge in [-0.05, 0) is 25.7 Å². The number of nitrogens with one attached hydrogen (secondary N) is 2. The van der Waals surface area contributed by atoms with Crippen LogP contribution >= 0.6 is 0 Å². The van der Waals surface area contributed by atoms with Crippen LogP contribution in [0.5, 0.6) is 0 Å². The highest BCUT2D eigenvalue weighted by Gasteiger charge is 2.28. The molecular weight excluding hydrogens is 288 g/mol. The number of aromatic nitrogens is 2. The number of anilines is 1. The molecule has 0 saturated heterocycles. The summed E-state index contributed by atoms with van der Waals surface area (Å²) in [7, 11) is -3.54. The summed E-state index contributed by atoms with van der Waals surface area (Å²) in [5.74, 6) is 0.871. The summed E-state index contributed by atoms with van der Waals surface area (Å²) in [4.78, 5) is 8.18. The predicted molar refractivity (Wildman–Crippen MR) is 82.6 cm³/mol. The lowest BCUT2D eigenvalue weighted by molar-refractivity contribution is 0.282. The molecule has 0 amide bonds. The van der Waals surface area contributed by atoms with Crippen molar-refractivity contribution in [1.29, 1.82) is 0 Å². The molecule has 7 heteroatoms. The van der Waals surface area contributed by atoms with Gasteiger partial charge >= 0.3 is 0 Å². The molecule has 0 aliphatic heterocycles. The molecule has 1 heterocycles. The Bertz CT molecular complexity index is 545. The maximum Gasteiger partial charge on any atom is 0.243 e. The Kier molecular flexibility index (Phi) is 5.52. The first-order chi connectivity index (χ1) is 10.1. The fraction of sp³-hybridized carbons (Fsp3) is 0.714. The summed E-state index contributed by atoms with van der Waals surface area (Å²) in [6, 6.07) is 0.0298. The van der Waals surface area contributed by atoms with E-state index in [2.05, 4.69) is 26.9 Å². The molecule has 0 aromatic carbocycles. The highest BCUT2D eigenvalue weighted by molar-refractivity contribution is 7.89. The molecule has 1 aliphatic carbocycles. The quantitative estimate of drug-likeness (QED) is 0.841. The van der Waals surface area contributed by atoms with Crippen molar-refractivity contribution in [3.05, 3.63) is 12.4 Å². The summed E-state index contributed by atoms with van der Waals surface area (Å²) >= 11 is 0. The zero-order valence-electron chi connectivity index (χ0n) is 12.7. The summed E-state index contributed by atoms with van der Waals surface area (Å²) in [6.07, 6.45) is 8.00. The van der Waals surface area contributed by atoms with E-state index in [1.54, 1.807) is 0 Å². The Labute approximate surface area is 126 Å². The van der Waals surface area contributed by atoms with Gasteiger partial charge in [0.25, 0.3) is 0 Å². The highest BCUT2D eigenvalue weighted by atomic mass is 32.2. The maximum atomic E-state index is 12.4. The minimum Gasteiger partial charge on any atom is -0.355 e. The van der Waals surface area contributed by atoms with Gasteiger partial charge in [0.2, 0.25) is 16.0 Å². The molecule has 0 radical (unpaired) electrons. The van der Waals surface area contributed by atoms with E-state index in [9.17, 15) is 8.42 Å². The average Bonchev–Trinajstić information content (AvgIpc) is 2.48. The van der Waals surface area contributed by atoms with Crippen LogP contribution in [0.1, 0.15) is 46.0 Å². The van der Waals surface area contributed by atoms with Gasteiger partial charge < -0.3 is 5.32 Å².